The SMILES string of the molecule is c1ccc(-c2nc3ccc4cccc(-c5ccc6cc(N(c7ccccc7)c7ccc(-c8ccc9ccccc9c8)cc7)ccc6c5)c4c3o2)cc1. The highest BCUT2D eigenvalue weighted by molar-refractivity contribution is 6.12. The van der Waals surface area contributed by atoms with Gasteiger partial charge in [0, 0.05) is 28.0 Å². The minimum absolute atomic E-state index is 0.634. The number of hydrogen-bond donors (Lipinski definition) is 0. The van der Waals surface area contributed by atoms with Crippen molar-refractivity contribution in [1.29, 1.82) is 0 Å². The van der Waals surface area contributed by atoms with E-state index >= 15 is 0 Å². The molecule has 1 heterocycles. The maximum atomic E-state index is 6.48. The normalized spacial score (nSPS) is 11.5. The van der Waals surface area contributed by atoms with E-state index in [4.69, 9.17) is 9.40 Å². The highest BCUT2D eigenvalue weighted by Gasteiger charge is 2.17. The van der Waals surface area contributed by atoms with Gasteiger partial charge in [0.25, 0.3) is 0 Å². The monoisotopic (exact) mass is 664 g/mol. The third kappa shape index (κ3) is 5.28. The molecule has 52 heavy (non-hydrogen) atoms. The van der Waals surface area contributed by atoms with Crippen LogP contribution in [-0.2, 0) is 0 Å². The molecule has 10 rings (SSSR count). The van der Waals surface area contributed by atoms with Crippen molar-refractivity contribution >= 4 is 60.5 Å². The van der Waals surface area contributed by atoms with Crippen LogP contribution in [0.4, 0.5) is 17.1 Å². The summed E-state index contributed by atoms with van der Waals surface area (Å²) in [5, 5.41) is 7.05. The first-order valence-corrected chi connectivity index (χ1v) is 17.6. The van der Waals surface area contributed by atoms with Crippen LogP contribution in [0.15, 0.2) is 199 Å². The first-order chi connectivity index (χ1) is 25.7. The second-order valence-electron chi connectivity index (χ2n) is 13.2. The Morgan fingerprint density at radius 3 is 1.79 bits per heavy atom. The Balaban J connectivity index is 1.03. The molecule has 0 aliphatic carbocycles. The second kappa shape index (κ2) is 12.4. The number of benzene rings is 9. The topological polar surface area (TPSA) is 29.3 Å². The molecule has 3 nitrogen and oxygen atoms in total. The van der Waals surface area contributed by atoms with Gasteiger partial charge < -0.3 is 9.32 Å². The van der Waals surface area contributed by atoms with E-state index in [9.17, 15) is 0 Å². The summed E-state index contributed by atoms with van der Waals surface area (Å²) in [6, 6.07) is 68.9. The second-order valence-corrected chi connectivity index (χ2v) is 13.2. The summed E-state index contributed by atoms with van der Waals surface area (Å²) in [7, 11) is 0. The zero-order chi connectivity index (χ0) is 34.4. The van der Waals surface area contributed by atoms with Crippen molar-refractivity contribution in [3.8, 4) is 33.7 Å². The Hall–Kier alpha value is -6.97. The van der Waals surface area contributed by atoms with Gasteiger partial charge in [-0.1, -0.05) is 127 Å². The van der Waals surface area contributed by atoms with Crippen molar-refractivity contribution in [1.82, 2.24) is 4.98 Å². The van der Waals surface area contributed by atoms with Gasteiger partial charge in [-0.05, 0) is 116 Å². The molecule has 3 heteroatoms. The molecular weight excluding hydrogens is 633 g/mol. The molecule has 0 spiro atoms. The van der Waals surface area contributed by atoms with Crippen LogP contribution in [0.2, 0.25) is 0 Å². The van der Waals surface area contributed by atoms with Crippen molar-refractivity contribution in [2.45, 2.75) is 0 Å². The van der Waals surface area contributed by atoms with Gasteiger partial charge >= 0.3 is 0 Å². The number of aromatic nitrogens is 1. The molecular formula is C49H32N2O. The van der Waals surface area contributed by atoms with Gasteiger partial charge in [0.05, 0.1) is 0 Å². The predicted molar refractivity (Wildman–Crippen MR) is 218 cm³/mol. The maximum Gasteiger partial charge on any atom is 0.227 e. The lowest BCUT2D eigenvalue weighted by Crippen LogP contribution is -2.09. The van der Waals surface area contributed by atoms with Crippen molar-refractivity contribution in [3.63, 3.8) is 0 Å². The first kappa shape index (κ1) is 29.9. The largest absolute Gasteiger partial charge is 0.435 e. The highest BCUT2D eigenvalue weighted by atomic mass is 16.3. The number of anilines is 3. The molecule has 244 valence electrons. The van der Waals surface area contributed by atoms with Crippen LogP contribution in [0.5, 0.6) is 0 Å². The Labute approximate surface area is 301 Å². The average molecular weight is 665 g/mol. The highest BCUT2D eigenvalue weighted by Crippen LogP contribution is 2.40. The summed E-state index contributed by atoms with van der Waals surface area (Å²) in [4.78, 5) is 7.18. The van der Waals surface area contributed by atoms with Crippen LogP contribution in [0, 0.1) is 0 Å². The molecule has 1 aromatic heterocycles. The fraction of sp³-hybridized carbons (Fsp3) is 0. The Kier molecular flexibility index (Phi) is 7.14. The lowest BCUT2D eigenvalue weighted by molar-refractivity contribution is 0.623. The molecule has 0 N–H and O–H groups in total. The van der Waals surface area contributed by atoms with E-state index in [0.717, 1.165) is 55.6 Å². The van der Waals surface area contributed by atoms with E-state index in [1.165, 1.54) is 32.7 Å². The van der Waals surface area contributed by atoms with E-state index in [2.05, 4.69) is 169 Å². The minimum Gasteiger partial charge on any atom is -0.435 e. The molecule has 0 bridgehead atoms. The molecule has 0 saturated heterocycles. The molecule has 0 unspecified atom stereocenters. The standard InChI is InChI=1S/C49H32N2O/c1-3-11-36(12-4-1)49-50-46-29-25-35-14-9-17-45(47(35)48(46)52-49)41-21-20-40-32-44(28-24-39(40)31-41)51(42-15-5-2-6-16-42)43-26-22-34(23-27-43)38-19-18-33-10-7-8-13-37(33)30-38/h1-32H. The molecule has 0 fully saturated rings. The molecule has 0 amide bonds. The van der Waals surface area contributed by atoms with Crippen LogP contribution >= 0.6 is 0 Å². The van der Waals surface area contributed by atoms with Gasteiger partial charge in [0.15, 0.2) is 5.58 Å². The van der Waals surface area contributed by atoms with Crippen LogP contribution < -0.4 is 4.90 Å². The van der Waals surface area contributed by atoms with Crippen LogP contribution in [-0.4, -0.2) is 4.98 Å². The molecule has 0 atom stereocenters. The summed E-state index contributed by atoms with van der Waals surface area (Å²) >= 11 is 0. The number of para-hydroxylation sites is 1. The number of nitrogens with zero attached hydrogens (tertiary/aromatic N) is 2. The van der Waals surface area contributed by atoms with Gasteiger partial charge in [-0.2, -0.15) is 0 Å². The van der Waals surface area contributed by atoms with Gasteiger partial charge in [-0.15, -0.1) is 0 Å². The lowest BCUT2D eigenvalue weighted by atomic mass is 9.95. The van der Waals surface area contributed by atoms with Gasteiger partial charge in [-0.3, -0.25) is 0 Å². The smallest absolute Gasteiger partial charge is 0.227 e. The molecule has 0 radical (unpaired) electrons. The average Bonchev–Trinajstić information content (AvgIpc) is 3.67. The number of hydrogen-bond acceptors (Lipinski definition) is 3. The molecule has 0 saturated carbocycles. The fourth-order valence-corrected chi connectivity index (χ4v) is 7.44. The van der Waals surface area contributed by atoms with E-state index in [1.807, 2.05) is 30.3 Å². The quantitative estimate of drug-likeness (QED) is 0.177. The van der Waals surface area contributed by atoms with E-state index in [-0.39, 0.29) is 0 Å². The Morgan fingerprint density at radius 2 is 0.942 bits per heavy atom. The van der Waals surface area contributed by atoms with Crippen molar-refractivity contribution in [2.75, 3.05) is 4.90 Å². The zero-order valence-corrected chi connectivity index (χ0v) is 28.3. The summed E-state index contributed by atoms with van der Waals surface area (Å²) in [5.74, 6) is 0.634. The van der Waals surface area contributed by atoms with Crippen molar-refractivity contribution in [2.24, 2.45) is 0 Å². The number of oxazole rings is 1. The van der Waals surface area contributed by atoms with Crippen molar-refractivity contribution in [3.05, 3.63) is 194 Å². The summed E-state index contributed by atoms with van der Waals surface area (Å²) in [6.07, 6.45) is 0. The maximum absolute atomic E-state index is 6.48. The third-order valence-corrected chi connectivity index (χ3v) is 10.0. The van der Waals surface area contributed by atoms with Crippen molar-refractivity contribution < 1.29 is 4.42 Å². The van der Waals surface area contributed by atoms with E-state index in [0.29, 0.717) is 5.89 Å². The van der Waals surface area contributed by atoms with Crippen LogP contribution in [0.25, 0.3) is 77.1 Å². The summed E-state index contributed by atoms with van der Waals surface area (Å²) in [6.45, 7) is 0. The minimum atomic E-state index is 0.634. The Bertz CT molecular complexity index is 2890. The van der Waals surface area contributed by atoms with Crippen LogP contribution in [0.3, 0.4) is 0 Å². The molecule has 9 aromatic carbocycles. The lowest BCUT2D eigenvalue weighted by Gasteiger charge is -2.26. The molecule has 10 aromatic rings. The fourth-order valence-electron chi connectivity index (χ4n) is 7.44. The van der Waals surface area contributed by atoms with Gasteiger partial charge in [0.2, 0.25) is 5.89 Å². The molecule has 0 aliphatic heterocycles. The number of rotatable bonds is 6. The first-order valence-electron chi connectivity index (χ1n) is 17.6. The van der Waals surface area contributed by atoms with Crippen LogP contribution in [0.1, 0.15) is 0 Å². The predicted octanol–water partition coefficient (Wildman–Crippen LogP) is 13.8. The van der Waals surface area contributed by atoms with E-state index < -0.39 is 0 Å². The molecule has 0 aliphatic rings. The van der Waals surface area contributed by atoms with E-state index in [1.54, 1.807) is 0 Å². The third-order valence-electron chi connectivity index (χ3n) is 10.0. The number of fused-ring (bicyclic) bond motifs is 5. The van der Waals surface area contributed by atoms with Gasteiger partial charge in [0.1, 0.15) is 5.52 Å². The van der Waals surface area contributed by atoms with Gasteiger partial charge in [-0.25, -0.2) is 4.98 Å². The summed E-state index contributed by atoms with van der Waals surface area (Å²) < 4.78 is 6.48. The zero-order valence-electron chi connectivity index (χ0n) is 28.3. The Morgan fingerprint density at radius 1 is 0.365 bits per heavy atom. The summed E-state index contributed by atoms with van der Waals surface area (Å²) in [5.41, 5.74) is 10.6.